The van der Waals surface area contributed by atoms with Gasteiger partial charge in [0, 0.05) is 37.0 Å². The van der Waals surface area contributed by atoms with Crippen LogP contribution in [0.25, 0.3) is 0 Å². The highest BCUT2D eigenvalue weighted by Crippen LogP contribution is 2.19. The van der Waals surface area contributed by atoms with Crippen molar-refractivity contribution in [2.24, 2.45) is 0 Å². The van der Waals surface area contributed by atoms with Crippen LogP contribution in [0.1, 0.15) is 46.6 Å². The Labute approximate surface area is 143 Å². The van der Waals surface area contributed by atoms with Gasteiger partial charge in [-0.1, -0.05) is 37.6 Å². The van der Waals surface area contributed by atoms with Crippen LogP contribution in [0.15, 0.2) is 42.6 Å². The number of hydrogen-bond acceptors (Lipinski definition) is 4. The number of hydrogen-bond donors (Lipinski definition) is 1. The molecule has 4 nitrogen and oxygen atoms in total. The number of carbonyl (C=O) groups is 1. The van der Waals surface area contributed by atoms with Crippen LogP contribution in [0, 0.1) is 0 Å². The van der Waals surface area contributed by atoms with Crippen molar-refractivity contribution in [3.8, 4) is 0 Å². The van der Waals surface area contributed by atoms with E-state index in [0.717, 1.165) is 49.4 Å². The van der Waals surface area contributed by atoms with Gasteiger partial charge in [0.1, 0.15) is 0 Å². The van der Waals surface area contributed by atoms with Crippen LogP contribution in [0.3, 0.4) is 0 Å². The summed E-state index contributed by atoms with van der Waals surface area (Å²) < 4.78 is 5.75. The van der Waals surface area contributed by atoms with E-state index in [1.54, 1.807) is 6.20 Å². The number of benzene rings is 1. The second-order valence-corrected chi connectivity index (χ2v) is 6.19. The molecule has 1 aromatic heterocycles. The summed E-state index contributed by atoms with van der Waals surface area (Å²) in [4.78, 5) is 16.8. The van der Waals surface area contributed by atoms with Crippen molar-refractivity contribution in [2.45, 2.75) is 32.3 Å². The number of rotatable bonds is 6. The molecule has 1 N–H and O–H groups in total. The Morgan fingerprint density at radius 3 is 2.71 bits per heavy atom. The summed E-state index contributed by atoms with van der Waals surface area (Å²) in [5, 5.41) is 3.33. The number of Topliss-reactive ketones (excluding diaryl/α,β-unsaturated/α-hetero) is 1. The molecule has 1 saturated heterocycles. The molecule has 1 aromatic carbocycles. The van der Waals surface area contributed by atoms with Crippen molar-refractivity contribution in [1.29, 1.82) is 0 Å². The minimum Gasteiger partial charge on any atom is -0.371 e. The quantitative estimate of drug-likeness (QED) is 0.830. The van der Waals surface area contributed by atoms with Gasteiger partial charge in [-0.2, -0.15) is 0 Å². The molecule has 4 heteroatoms. The van der Waals surface area contributed by atoms with Gasteiger partial charge in [-0.05, 0) is 29.7 Å². The van der Waals surface area contributed by atoms with Crippen molar-refractivity contribution in [3.63, 3.8) is 0 Å². The maximum Gasteiger partial charge on any atom is 0.168 e. The molecule has 1 aliphatic heterocycles. The molecule has 0 radical (unpaired) electrons. The lowest BCUT2D eigenvalue weighted by Gasteiger charge is -2.24. The van der Waals surface area contributed by atoms with Crippen LogP contribution in [0.2, 0.25) is 0 Å². The van der Waals surface area contributed by atoms with E-state index in [0.29, 0.717) is 12.0 Å². The number of ether oxygens (including phenoxy) is 1. The SMILES string of the molecule is CCCc1ccc(C(=O)Cc2ccc([C@H]3CNCCO3)cc2)cn1. The molecule has 24 heavy (non-hydrogen) atoms. The van der Waals surface area contributed by atoms with Gasteiger partial charge in [-0.25, -0.2) is 0 Å². The number of aryl methyl sites for hydroxylation is 1. The van der Waals surface area contributed by atoms with Gasteiger partial charge in [0.05, 0.1) is 12.7 Å². The summed E-state index contributed by atoms with van der Waals surface area (Å²) in [6, 6.07) is 12.0. The first-order valence-corrected chi connectivity index (χ1v) is 8.65. The molecule has 1 fully saturated rings. The van der Waals surface area contributed by atoms with Crippen molar-refractivity contribution >= 4 is 5.78 Å². The largest absolute Gasteiger partial charge is 0.371 e. The second-order valence-electron chi connectivity index (χ2n) is 6.19. The van der Waals surface area contributed by atoms with Gasteiger partial charge in [0.2, 0.25) is 0 Å². The molecule has 0 spiro atoms. The smallest absolute Gasteiger partial charge is 0.168 e. The molecular weight excluding hydrogens is 300 g/mol. The predicted molar refractivity (Wildman–Crippen MR) is 94.3 cm³/mol. The minimum absolute atomic E-state index is 0.105. The van der Waals surface area contributed by atoms with Crippen LogP contribution in [-0.2, 0) is 17.6 Å². The molecule has 1 aliphatic rings. The molecular formula is C20H24N2O2. The maximum atomic E-state index is 12.4. The lowest BCUT2D eigenvalue weighted by molar-refractivity contribution is 0.0277. The Hall–Kier alpha value is -2.04. The van der Waals surface area contributed by atoms with E-state index in [9.17, 15) is 4.79 Å². The summed E-state index contributed by atoms with van der Waals surface area (Å²) in [6.45, 7) is 4.62. The summed E-state index contributed by atoms with van der Waals surface area (Å²) >= 11 is 0. The first-order chi connectivity index (χ1) is 11.8. The van der Waals surface area contributed by atoms with Crippen molar-refractivity contribution < 1.29 is 9.53 Å². The first kappa shape index (κ1) is 16.8. The summed E-state index contributed by atoms with van der Waals surface area (Å²) in [7, 11) is 0. The number of aromatic nitrogens is 1. The van der Waals surface area contributed by atoms with Gasteiger partial charge in [-0.3, -0.25) is 9.78 Å². The molecule has 0 amide bonds. The molecule has 1 atom stereocenters. The van der Waals surface area contributed by atoms with E-state index in [1.165, 1.54) is 0 Å². The molecule has 0 saturated carbocycles. The molecule has 0 aliphatic carbocycles. The van der Waals surface area contributed by atoms with Gasteiger partial charge >= 0.3 is 0 Å². The zero-order valence-electron chi connectivity index (χ0n) is 14.1. The van der Waals surface area contributed by atoms with Gasteiger partial charge < -0.3 is 10.1 Å². The molecule has 3 rings (SSSR count). The summed E-state index contributed by atoms with van der Waals surface area (Å²) in [6.07, 6.45) is 4.22. The van der Waals surface area contributed by atoms with Crippen LogP contribution in [0.4, 0.5) is 0 Å². The van der Waals surface area contributed by atoms with Crippen molar-refractivity contribution in [1.82, 2.24) is 10.3 Å². The topological polar surface area (TPSA) is 51.2 Å². The van der Waals surface area contributed by atoms with Gasteiger partial charge in [0.15, 0.2) is 5.78 Å². The Morgan fingerprint density at radius 2 is 2.08 bits per heavy atom. The Balaban J connectivity index is 1.61. The fourth-order valence-corrected chi connectivity index (χ4v) is 2.91. The highest BCUT2D eigenvalue weighted by atomic mass is 16.5. The van der Waals surface area contributed by atoms with Crippen LogP contribution in [0.5, 0.6) is 0 Å². The van der Waals surface area contributed by atoms with E-state index in [-0.39, 0.29) is 11.9 Å². The fraction of sp³-hybridized carbons (Fsp3) is 0.400. The highest BCUT2D eigenvalue weighted by Gasteiger charge is 2.15. The molecule has 2 heterocycles. The third kappa shape index (κ3) is 4.28. The van der Waals surface area contributed by atoms with E-state index in [1.807, 2.05) is 24.3 Å². The highest BCUT2D eigenvalue weighted by molar-refractivity contribution is 5.97. The summed E-state index contributed by atoms with van der Waals surface area (Å²) in [5.74, 6) is 0.105. The Kier molecular flexibility index (Phi) is 5.72. The van der Waals surface area contributed by atoms with Crippen LogP contribution >= 0.6 is 0 Å². The lowest BCUT2D eigenvalue weighted by atomic mass is 10.0. The standard InChI is InChI=1S/C20H24N2O2/c1-2-3-18-9-8-17(13-22-18)19(23)12-15-4-6-16(7-5-15)20-14-21-10-11-24-20/h4-9,13,20-21H,2-3,10-12,14H2,1H3/t20-/m1/s1. The molecule has 2 aromatic rings. The molecule has 126 valence electrons. The van der Waals surface area contributed by atoms with Crippen LogP contribution in [-0.4, -0.2) is 30.5 Å². The number of ketones is 1. The average molecular weight is 324 g/mol. The third-order valence-electron chi connectivity index (χ3n) is 4.30. The van der Waals surface area contributed by atoms with Crippen molar-refractivity contribution in [2.75, 3.05) is 19.7 Å². The van der Waals surface area contributed by atoms with E-state index in [2.05, 4.69) is 29.4 Å². The molecule has 0 unspecified atom stereocenters. The first-order valence-electron chi connectivity index (χ1n) is 8.65. The lowest BCUT2D eigenvalue weighted by Crippen LogP contribution is -2.33. The Morgan fingerprint density at radius 1 is 1.25 bits per heavy atom. The third-order valence-corrected chi connectivity index (χ3v) is 4.30. The molecule has 0 bridgehead atoms. The number of carbonyl (C=O) groups excluding carboxylic acids is 1. The fourth-order valence-electron chi connectivity index (χ4n) is 2.91. The van der Waals surface area contributed by atoms with E-state index < -0.39 is 0 Å². The minimum atomic E-state index is 0.105. The summed E-state index contributed by atoms with van der Waals surface area (Å²) in [5.41, 5.74) is 3.90. The number of nitrogens with one attached hydrogen (secondary N) is 1. The second kappa shape index (κ2) is 8.18. The van der Waals surface area contributed by atoms with Gasteiger partial charge in [-0.15, -0.1) is 0 Å². The maximum absolute atomic E-state index is 12.4. The zero-order chi connectivity index (χ0) is 16.8. The van der Waals surface area contributed by atoms with E-state index >= 15 is 0 Å². The monoisotopic (exact) mass is 324 g/mol. The van der Waals surface area contributed by atoms with Crippen LogP contribution < -0.4 is 5.32 Å². The number of morpholine rings is 1. The zero-order valence-corrected chi connectivity index (χ0v) is 14.1. The average Bonchev–Trinajstić information content (AvgIpc) is 2.64. The number of nitrogens with zero attached hydrogens (tertiary/aromatic N) is 1. The normalized spacial score (nSPS) is 17.6. The number of pyridine rings is 1. The van der Waals surface area contributed by atoms with Crippen molar-refractivity contribution in [3.05, 3.63) is 65.0 Å². The van der Waals surface area contributed by atoms with E-state index in [4.69, 9.17) is 4.74 Å². The van der Waals surface area contributed by atoms with Gasteiger partial charge in [0.25, 0.3) is 0 Å². The Bertz CT molecular complexity index is 659. The predicted octanol–water partition coefficient (Wildman–Crippen LogP) is 3.12.